The van der Waals surface area contributed by atoms with Crippen molar-refractivity contribution in [1.82, 2.24) is 4.90 Å². The maximum absolute atomic E-state index is 12.9. The van der Waals surface area contributed by atoms with Crippen molar-refractivity contribution >= 4 is 11.6 Å². The second kappa shape index (κ2) is 4.24. The lowest BCUT2D eigenvalue weighted by Crippen LogP contribution is -2.38. The van der Waals surface area contributed by atoms with Gasteiger partial charge in [-0.2, -0.15) is 0 Å². The fourth-order valence-corrected chi connectivity index (χ4v) is 4.26. The number of benzene rings is 1. The van der Waals surface area contributed by atoms with Crippen LogP contribution in [0.2, 0.25) is 0 Å². The van der Waals surface area contributed by atoms with E-state index in [0.29, 0.717) is 5.91 Å². The predicted octanol–water partition coefficient (Wildman–Crippen LogP) is 2.56. The smallest absolute Gasteiger partial charge is 0.233 e. The molecule has 3 nitrogen and oxygen atoms in total. The average molecular weight is 270 g/mol. The van der Waals surface area contributed by atoms with Crippen LogP contribution in [0.1, 0.15) is 37.7 Å². The molecule has 1 saturated heterocycles. The zero-order valence-corrected chi connectivity index (χ0v) is 11.8. The van der Waals surface area contributed by atoms with Crippen molar-refractivity contribution < 1.29 is 4.79 Å². The highest BCUT2D eigenvalue weighted by Gasteiger charge is 2.54. The molecule has 2 N–H and O–H groups in total. The van der Waals surface area contributed by atoms with Crippen LogP contribution in [0.3, 0.4) is 0 Å². The number of fused-ring (bicyclic) bond motifs is 1. The third-order valence-corrected chi connectivity index (χ3v) is 5.64. The number of nitrogen functional groups attached to an aromatic ring is 1. The van der Waals surface area contributed by atoms with Gasteiger partial charge in [-0.05, 0) is 55.2 Å². The van der Waals surface area contributed by atoms with Gasteiger partial charge in [0.05, 0.1) is 5.41 Å². The standard InChI is InChI=1S/C17H22N2O/c18-15-6-4-14(5-7-15)17(8-9-17)16(20)19-10-12-2-1-3-13(12)11-19/h4-7,12-13H,1-3,8-11,18H2. The van der Waals surface area contributed by atoms with Crippen LogP contribution in [0.4, 0.5) is 5.69 Å². The zero-order valence-electron chi connectivity index (χ0n) is 11.8. The number of nitrogens with two attached hydrogens (primary N) is 1. The van der Waals surface area contributed by atoms with Gasteiger partial charge in [0, 0.05) is 18.8 Å². The zero-order chi connectivity index (χ0) is 13.7. The molecule has 3 aliphatic rings. The Labute approximate surface area is 120 Å². The van der Waals surface area contributed by atoms with E-state index in [1.54, 1.807) is 0 Å². The Morgan fingerprint density at radius 1 is 1.10 bits per heavy atom. The van der Waals surface area contributed by atoms with Crippen LogP contribution in [-0.4, -0.2) is 23.9 Å². The summed E-state index contributed by atoms with van der Waals surface area (Å²) in [6.07, 6.45) is 6.01. The minimum absolute atomic E-state index is 0.216. The summed E-state index contributed by atoms with van der Waals surface area (Å²) in [7, 11) is 0. The maximum atomic E-state index is 12.9. The maximum Gasteiger partial charge on any atom is 0.233 e. The summed E-state index contributed by atoms with van der Waals surface area (Å²) < 4.78 is 0. The van der Waals surface area contributed by atoms with Gasteiger partial charge in [0.1, 0.15) is 0 Å². The van der Waals surface area contributed by atoms with Gasteiger partial charge in [0.15, 0.2) is 0 Å². The minimum Gasteiger partial charge on any atom is -0.399 e. The van der Waals surface area contributed by atoms with Crippen molar-refractivity contribution in [2.45, 2.75) is 37.5 Å². The molecule has 2 atom stereocenters. The van der Waals surface area contributed by atoms with Gasteiger partial charge in [-0.1, -0.05) is 18.6 Å². The van der Waals surface area contributed by atoms with Crippen LogP contribution >= 0.6 is 0 Å². The normalized spacial score (nSPS) is 30.3. The van der Waals surface area contributed by atoms with Gasteiger partial charge in [-0.25, -0.2) is 0 Å². The molecule has 1 aromatic carbocycles. The second-order valence-electron chi connectivity index (χ2n) is 6.87. The van der Waals surface area contributed by atoms with E-state index in [9.17, 15) is 4.79 Å². The molecule has 2 aliphatic carbocycles. The monoisotopic (exact) mass is 270 g/mol. The van der Waals surface area contributed by atoms with Crippen molar-refractivity contribution in [3.63, 3.8) is 0 Å². The number of carbonyl (C=O) groups is 1. The van der Waals surface area contributed by atoms with Crippen LogP contribution in [-0.2, 0) is 10.2 Å². The van der Waals surface area contributed by atoms with Crippen LogP contribution in [0.25, 0.3) is 0 Å². The van der Waals surface area contributed by atoms with Crippen LogP contribution in [0.15, 0.2) is 24.3 Å². The quantitative estimate of drug-likeness (QED) is 0.840. The molecule has 106 valence electrons. The molecule has 3 heteroatoms. The fourth-order valence-electron chi connectivity index (χ4n) is 4.26. The molecule has 0 bridgehead atoms. The Hall–Kier alpha value is -1.51. The highest BCUT2D eigenvalue weighted by molar-refractivity contribution is 5.91. The lowest BCUT2D eigenvalue weighted by atomic mass is 9.94. The molecular formula is C17H22N2O. The molecule has 20 heavy (non-hydrogen) atoms. The summed E-state index contributed by atoms with van der Waals surface area (Å²) in [6.45, 7) is 2.00. The van der Waals surface area contributed by atoms with E-state index >= 15 is 0 Å². The largest absolute Gasteiger partial charge is 0.399 e. The van der Waals surface area contributed by atoms with Crippen molar-refractivity contribution in [3.8, 4) is 0 Å². The second-order valence-corrected chi connectivity index (χ2v) is 6.87. The van der Waals surface area contributed by atoms with Crippen LogP contribution in [0, 0.1) is 11.8 Å². The number of hydrogen-bond donors (Lipinski definition) is 1. The summed E-state index contributed by atoms with van der Waals surface area (Å²) in [5, 5.41) is 0. The molecular weight excluding hydrogens is 248 g/mol. The molecule has 1 amide bonds. The summed E-state index contributed by atoms with van der Waals surface area (Å²) in [6, 6.07) is 7.91. The van der Waals surface area contributed by atoms with Crippen molar-refractivity contribution in [1.29, 1.82) is 0 Å². The molecule has 1 heterocycles. The number of rotatable bonds is 2. The SMILES string of the molecule is Nc1ccc(C2(C(=O)N3CC4CCCC4C3)CC2)cc1. The van der Waals surface area contributed by atoms with Gasteiger partial charge in [0.25, 0.3) is 0 Å². The molecule has 3 fully saturated rings. The van der Waals surface area contributed by atoms with E-state index < -0.39 is 0 Å². The number of likely N-dealkylation sites (tertiary alicyclic amines) is 1. The number of carbonyl (C=O) groups excluding carboxylic acids is 1. The first-order valence-corrected chi connectivity index (χ1v) is 7.84. The van der Waals surface area contributed by atoms with Crippen molar-refractivity contribution in [2.75, 3.05) is 18.8 Å². The first kappa shape index (κ1) is 12.2. The number of anilines is 1. The van der Waals surface area contributed by atoms with Gasteiger partial charge in [0.2, 0.25) is 5.91 Å². The number of amides is 1. The first-order chi connectivity index (χ1) is 9.69. The Kier molecular flexibility index (Phi) is 2.60. The van der Waals surface area contributed by atoms with Gasteiger partial charge in [-0.3, -0.25) is 4.79 Å². The molecule has 0 radical (unpaired) electrons. The van der Waals surface area contributed by atoms with Gasteiger partial charge >= 0.3 is 0 Å². The molecule has 1 aliphatic heterocycles. The Morgan fingerprint density at radius 2 is 1.70 bits per heavy atom. The van der Waals surface area contributed by atoms with E-state index in [1.807, 2.05) is 24.3 Å². The highest BCUT2D eigenvalue weighted by atomic mass is 16.2. The van der Waals surface area contributed by atoms with Crippen molar-refractivity contribution in [3.05, 3.63) is 29.8 Å². The van der Waals surface area contributed by atoms with Gasteiger partial charge in [-0.15, -0.1) is 0 Å². The van der Waals surface area contributed by atoms with E-state index in [-0.39, 0.29) is 5.41 Å². The van der Waals surface area contributed by atoms with E-state index in [2.05, 4.69) is 4.90 Å². The van der Waals surface area contributed by atoms with Crippen molar-refractivity contribution in [2.24, 2.45) is 11.8 Å². The third kappa shape index (κ3) is 1.75. The molecule has 2 saturated carbocycles. The molecule has 1 aromatic rings. The fraction of sp³-hybridized carbons (Fsp3) is 0.588. The molecule has 4 rings (SSSR count). The lowest BCUT2D eigenvalue weighted by molar-refractivity contribution is -0.133. The lowest BCUT2D eigenvalue weighted by Gasteiger charge is -2.24. The minimum atomic E-state index is -0.216. The molecule has 0 aromatic heterocycles. The third-order valence-electron chi connectivity index (χ3n) is 5.64. The average Bonchev–Trinajstić information content (AvgIpc) is 2.97. The Morgan fingerprint density at radius 3 is 2.25 bits per heavy atom. The van der Waals surface area contributed by atoms with E-state index in [1.165, 1.54) is 19.3 Å². The Balaban J connectivity index is 1.55. The van der Waals surface area contributed by atoms with Gasteiger partial charge < -0.3 is 10.6 Å². The predicted molar refractivity (Wildman–Crippen MR) is 79.2 cm³/mol. The molecule has 2 unspecified atom stereocenters. The summed E-state index contributed by atoms with van der Waals surface area (Å²) >= 11 is 0. The van der Waals surface area contributed by atoms with Crippen LogP contribution < -0.4 is 5.73 Å². The number of nitrogens with zero attached hydrogens (tertiary/aromatic N) is 1. The molecule has 0 spiro atoms. The van der Waals surface area contributed by atoms with E-state index in [4.69, 9.17) is 5.73 Å². The summed E-state index contributed by atoms with van der Waals surface area (Å²) in [4.78, 5) is 15.1. The number of hydrogen-bond acceptors (Lipinski definition) is 2. The topological polar surface area (TPSA) is 46.3 Å². The first-order valence-electron chi connectivity index (χ1n) is 7.84. The highest BCUT2D eigenvalue weighted by Crippen LogP contribution is 2.51. The van der Waals surface area contributed by atoms with Crippen LogP contribution in [0.5, 0.6) is 0 Å². The summed E-state index contributed by atoms with van der Waals surface area (Å²) in [5.41, 5.74) is 7.47. The van der Waals surface area contributed by atoms with E-state index in [0.717, 1.165) is 49.0 Å². The summed E-state index contributed by atoms with van der Waals surface area (Å²) in [5.74, 6) is 1.93. The Bertz CT molecular complexity index is 520.